The van der Waals surface area contributed by atoms with Crippen LogP contribution in [0.4, 0.5) is 5.00 Å². The van der Waals surface area contributed by atoms with Crippen molar-refractivity contribution in [3.05, 3.63) is 40.3 Å². The Balaban J connectivity index is 2.41. The van der Waals surface area contributed by atoms with Crippen molar-refractivity contribution in [2.24, 2.45) is 0 Å². The van der Waals surface area contributed by atoms with Crippen molar-refractivity contribution in [3.63, 3.8) is 0 Å². The van der Waals surface area contributed by atoms with E-state index < -0.39 is 5.97 Å². The quantitative estimate of drug-likeness (QED) is 0.533. The Bertz CT molecular complexity index is 770. The van der Waals surface area contributed by atoms with Crippen LogP contribution < -0.4 is 5.32 Å². The van der Waals surface area contributed by atoms with Gasteiger partial charge in [-0.25, -0.2) is 4.79 Å². The van der Waals surface area contributed by atoms with E-state index in [4.69, 9.17) is 16.3 Å². The number of carbonyl (C=O) groups excluding carboxylic acids is 2. The highest BCUT2D eigenvalue weighted by molar-refractivity contribution is 7.15. The van der Waals surface area contributed by atoms with E-state index in [0.717, 1.165) is 16.7 Å². The van der Waals surface area contributed by atoms with Crippen molar-refractivity contribution in [2.45, 2.75) is 33.6 Å². The molecule has 0 fully saturated rings. The molecule has 0 saturated heterocycles. The zero-order chi connectivity index (χ0) is 18.4. The van der Waals surface area contributed by atoms with Gasteiger partial charge in [0.15, 0.2) is 0 Å². The maximum atomic E-state index is 12.5. The summed E-state index contributed by atoms with van der Waals surface area (Å²) in [6, 6.07) is 6.04. The molecule has 0 atom stereocenters. The van der Waals surface area contributed by atoms with Crippen molar-refractivity contribution in [1.82, 2.24) is 0 Å². The summed E-state index contributed by atoms with van der Waals surface area (Å²) in [5, 5.41) is 5.22. The minimum atomic E-state index is -0.426. The Morgan fingerprint density at radius 2 is 2.00 bits per heavy atom. The number of rotatable bonds is 7. The second-order valence-corrected chi connectivity index (χ2v) is 6.97. The highest BCUT2D eigenvalue weighted by Gasteiger charge is 2.22. The average molecular weight is 380 g/mol. The van der Waals surface area contributed by atoms with Gasteiger partial charge in [-0.05, 0) is 43.9 Å². The van der Waals surface area contributed by atoms with Gasteiger partial charge in [-0.1, -0.05) is 18.2 Å². The number of esters is 1. The number of amides is 1. The van der Waals surface area contributed by atoms with Crippen LogP contribution in [0.15, 0.2) is 23.6 Å². The molecule has 134 valence electrons. The first-order valence-corrected chi connectivity index (χ1v) is 9.61. The lowest BCUT2D eigenvalue weighted by atomic mass is 9.99. The lowest BCUT2D eigenvalue weighted by molar-refractivity contribution is -0.116. The molecule has 0 radical (unpaired) electrons. The average Bonchev–Trinajstić information content (AvgIpc) is 2.99. The van der Waals surface area contributed by atoms with E-state index in [1.54, 1.807) is 6.92 Å². The monoisotopic (exact) mass is 379 g/mol. The van der Waals surface area contributed by atoms with Crippen LogP contribution in [0.25, 0.3) is 11.1 Å². The number of carbonyl (C=O) groups is 2. The molecule has 2 rings (SSSR count). The minimum Gasteiger partial charge on any atom is -0.462 e. The number of nitrogens with one attached hydrogen (secondary N) is 1. The van der Waals surface area contributed by atoms with E-state index in [1.165, 1.54) is 16.9 Å². The number of hydrogen-bond acceptors (Lipinski definition) is 4. The summed E-state index contributed by atoms with van der Waals surface area (Å²) in [6.07, 6.45) is 0.917. The first-order valence-electron chi connectivity index (χ1n) is 8.20. The van der Waals surface area contributed by atoms with Gasteiger partial charge in [0.25, 0.3) is 0 Å². The highest BCUT2D eigenvalue weighted by Crippen LogP contribution is 2.37. The second kappa shape index (κ2) is 9.02. The molecule has 0 aliphatic heterocycles. The predicted molar refractivity (Wildman–Crippen MR) is 104 cm³/mol. The maximum Gasteiger partial charge on any atom is 0.341 e. The molecule has 0 bridgehead atoms. The molecule has 1 N–H and O–H groups in total. The number of ether oxygens (including phenoxy) is 1. The van der Waals surface area contributed by atoms with E-state index in [1.807, 2.05) is 37.4 Å². The molecule has 0 aliphatic rings. The number of anilines is 1. The summed E-state index contributed by atoms with van der Waals surface area (Å²) in [6.45, 7) is 6.12. The lowest BCUT2D eigenvalue weighted by Gasteiger charge is -2.10. The third-order valence-corrected chi connectivity index (χ3v) is 5.04. The number of thiophene rings is 1. The van der Waals surface area contributed by atoms with Crippen LogP contribution in [-0.2, 0) is 9.53 Å². The van der Waals surface area contributed by atoms with E-state index in [2.05, 4.69) is 5.32 Å². The molecule has 1 heterocycles. The van der Waals surface area contributed by atoms with Crippen LogP contribution in [0.3, 0.4) is 0 Å². The smallest absolute Gasteiger partial charge is 0.341 e. The largest absolute Gasteiger partial charge is 0.462 e. The molecule has 0 aliphatic carbocycles. The van der Waals surface area contributed by atoms with Crippen LogP contribution in [0.1, 0.15) is 41.3 Å². The Morgan fingerprint density at radius 1 is 1.24 bits per heavy atom. The van der Waals surface area contributed by atoms with Gasteiger partial charge in [0.05, 0.1) is 6.61 Å². The lowest BCUT2D eigenvalue weighted by Crippen LogP contribution is -2.14. The number of halogens is 1. The second-order valence-electron chi connectivity index (χ2n) is 5.71. The fraction of sp³-hybridized carbons (Fsp3) is 0.368. The first kappa shape index (κ1) is 19.5. The van der Waals surface area contributed by atoms with Gasteiger partial charge in [0.2, 0.25) is 5.91 Å². The molecule has 1 aromatic carbocycles. The van der Waals surface area contributed by atoms with Crippen molar-refractivity contribution < 1.29 is 14.3 Å². The number of aryl methyl sites for hydroxylation is 2. The molecule has 0 spiro atoms. The molecule has 0 saturated carbocycles. The Morgan fingerprint density at radius 3 is 2.64 bits per heavy atom. The summed E-state index contributed by atoms with van der Waals surface area (Å²) >= 11 is 6.96. The van der Waals surface area contributed by atoms with Crippen LogP contribution in [-0.4, -0.2) is 24.4 Å². The number of alkyl halides is 1. The standard InChI is InChI=1S/C19H22ClNO3S/c1-4-24-19(23)17-15(14-8-7-12(2)13(3)10-14)11-25-18(17)21-16(22)6-5-9-20/h7-8,10-11H,4-6,9H2,1-3H3,(H,21,22). The zero-order valence-electron chi connectivity index (χ0n) is 14.6. The third-order valence-electron chi connectivity index (χ3n) is 3.88. The van der Waals surface area contributed by atoms with Crippen LogP contribution in [0.2, 0.25) is 0 Å². The van der Waals surface area contributed by atoms with Gasteiger partial charge in [-0.15, -0.1) is 22.9 Å². The fourth-order valence-corrected chi connectivity index (χ4v) is 3.50. The van der Waals surface area contributed by atoms with Gasteiger partial charge >= 0.3 is 5.97 Å². The molecule has 6 heteroatoms. The first-order chi connectivity index (χ1) is 12.0. The topological polar surface area (TPSA) is 55.4 Å². The maximum absolute atomic E-state index is 12.5. The van der Waals surface area contributed by atoms with E-state index in [0.29, 0.717) is 29.3 Å². The van der Waals surface area contributed by atoms with Gasteiger partial charge < -0.3 is 10.1 Å². The number of benzene rings is 1. The van der Waals surface area contributed by atoms with Gasteiger partial charge in [0.1, 0.15) is 10.6 Å². The summed E-state index contributed by atoms with van der Waals surface area (Å²) < 4.78 is 5.20. The minimum absolute atomic E-state index is 0.153. The fourth-order valence-electron chi connectivity index (χ4n) is 2.39. The van der Waals surface area contributed by atoms with Gasteiger partial charge in [-0.2, -0.15) is 0 Å². The number of hydrogen-bond donors (Lipinski definition) is 1. The van der Waals surface area contributed by atoms with Crippen LogP contribution >= 0.6 is 22.9 Å². The SMILES string of the molecule is CCOC(=O)c1c(-c2ccc(C)c(C)c2)csc1NC(=O)CCCCl. The summed E-state index contributed by atoms with van der Waals surface area (Å²) in [7, 11) is 0. The van der Waals surface area contributed by atoms with E-state index >= 15 is 0 Å². The molecule has 0 unspecified atom stereocenters. The molecular formula is C19H22ClNO3S. The zero-order valence-corrected chi connectivity index (χ0v) is 16.2. The Hall–Kier alpha value is -1.85. The molecule has 25 heavy (non-hydrogen) atoms. The summed E-state index contributed by atoms with van der Waals surface area (Å²) in [5.74, 6) is -0.152. The predicted octanol–water partition coefficient (Wildman–Crippen LogP) is 5.17. The van der Waals surface area contributed by atoms with Gasteiger partial charge in [0, 0.05) is 23.2 Å². The molecule has 1 amide bonds. The van der Waals surface area contributed by atoms with Crippen LogP contribution in [0, 0.1) is 13.8 Å². The van der Waals surface area contributed by atoms with Crippen molar-refractivity contribution in [2.75, 3.05) is 17.8 Å². The normalized spacial score (nSPS) is 10.6. The Kier molecular flexibility index (Phi) is 7.02. The van der Waals surface area contributed by atoms with Crippen molar-refractivity contribution in [1.29, 1.82) is 0 Å². The van der Waals surface area contributed by atoms with E-state index in [9.17, 15) is 9.59 Å². The molecule has 1 aromatic heterocycles. The van der Waals surface area contributed by atoms with Crippen molar-refractivity contribution >= 4 is 39.8 Å². The summed E-state index contributed by atoms with van der Waals surface area (Å²) in [4.78, 5) is 24.5. The van der Waals surface area contributed by atoms with E-state index in [-0.39, 0.29) is 12.5 Å². The third kappa shape index (κ3) is 4.83. The molecule has 4 nitrogen and oxygen atoms in total. The highest BCUT2D eigenvalue weighted by atomic mass is 35.5. The molecule has 2 aromatic rings. The van der Waals surface area contributed by atoms with Crippen LogP contribution in [0.5, 0.6) is 0 Å². The molecular weight excluding hydrogens is 358 g/mol. The van der Waals surface area contributed by atoms with Gasteiger partial charge in [-0.3, -0.25) is 4.79 Å². The summed E-state index contributed by atoms with van der Waals surface area (Å²) in [5.41, 5.74) is 4.45. The van der Waals surface area contributed by atoms with Crippen molar-refractivity contribution in [3.8, 4) is 11.1 Å². The Labute approximate surface area is 157 Å².